The van der Waals surface area contributed by atoms with Gasteiger partial charge >= 0.3 is 0 Å². The van der Waals surface area contributed by atoms with Crippen molar-refractivity contribution < 1.29 is 0 Å². The molecule has 20 heavy (non-hydrogen) atoms. The molecule has 3 heteroatoms. The summed E-state index contributed by atoms with van der Waals surface area (Å²) in [6, 6.07) is 14.8. The maximum atomic E-state index is 6.30. The van der Waals surface area contributed by atoms with Gasteiger partial charge in [-0.2, -0.15) is 0 Å². The van der Waals surface area contributed by atoms with E-state index in [0.29, 0.717) is 0 Å². The summed E-state index contributed by atoms with van der Waals surface area (Å²) in [5.74, 6) is 1.95. The van der Waals surface area contributed by atoms with Gasteiger partial charge in [0.1, 0.15) is 17.3 Å². The average molecular weight is 263 g/mol. The Morgan fingerprint density at radius 3 is 2.70 bits per heavy atom. The van der Waals surface area contributed by atoms with Gasteiger partial charge in [0.25, 0.3) is 0 Å². The number of anilines is 1. The van der Waals surface area contributed by atoms with Crippen LogP contribution in [-0.4, -0.2) is 9.55 Å². The second kappa shape index (κ2) is 4.37. The van der Waals surface area contributed by atoms with Crippen LogP contribution < -0.4 is 5.73 Å². The molecule has 0 bridgehead atoms. The Balaban J connectivity index is 1.88. The second-order valence-electron chi connectivity index (χ2n) is 5.43. The Kier molecular flexibility index (Phi) is 2.52. The highest BCUT2D eigenvalue weighted by molar-refractivity contribution is 5.88. The maximum absolute atomic E-state index is 6.30. The minimum Gasteiger partial charge on any atom is -0.383 e. The predicted molar refractivity (Wildman–Crippen MR) is 82.5 cm³/mol. The van der Waals surface area contributed by atoms with Gasteiger partial charge in [-0.15, -0.1) is 0 Å². The molecule has 2 N–H and O–H groups in total. The van der Waals surface area contributed by atoms with Crippen LogP contribution >= 0.6 is 0 Å². The molecular formula is C17H17N3. The van der Waals surface area contributed by atoms with E-state index in [1.54, 1.807) is 0 Å². The molecule has 100 valence electrons. The molecule has 0 saturated heterocycles. The Bertz CT molecular complexity index is 786. The molecule has 2 heterocycles. The van der Waals surface area contributed by atoms with E-state index in [-0.39, 0.29) is 0 Å². The number of rotatable bonds is 1. The molecule has 0 fully saturated rings. The van der Waals surface area contributed by atoms with Crippen LogP contribution in [0.4, 0.5) is 5.82 Å². The lowest BCUT2D eigenvalue weighted by atomic mass is 10.1. The number of aromatic nitrogens is 2. The van der Waals surface area contributed by atoms with Crippen molar-refractivity contribution in [2.24, 2.45) is 0 Å². The van der Waals surface area contributed by atoms with Gasteiger partial charge in [-0.3, -0.25) is 0 Å². The van der Waals surface area contributed by atoms with Crippen LogP contribution in [0.5, 0.6) is 0 Å². The molecule has 0 aliphatic carbocycles. The van der Waals surface area contributed by atoms with E-state index in [1.165, 1.54) is 23.6 Å². The van der Waals surface area contributed by atoms with Crippen LogP contribution in [0.25, 0.3) is 22.0 Å². The zero-order valence-electron chi connectivity index (χ0n) is 11.3. The lowest BCUT2D eigenvalue weighted by Crippen LogP contribution is -2.12. The Labute approximate surface area is 118 Å². The molecule has 0 amide bonds. The molecule has 3 aromatic rings. The van der Waals surface area contributed by atoms with Crippen molar-refractivity contribution in [3.05, 3.63) is 48.3 Å². The molecule has 0 radical (unpaired) electrons. The quantitative estimate of drug-likeness (QED) is 0.728. The normalized spacial score (nSPS) is 14.4. The molecule has 1 aliphatic rings. The molecule has 0 spiro atoms. The molecule has 2 aromatic carbocycles. The summed E-state index contributed by atoms with van der Waals surface area (Å²) >= 11 is 0. The number of aryl methyl sites for hydroxylation is 1. The number of nitrogens with zero attached hydrogens (tertiary/aromatic N) is 2. The third-order valence-corrected chi connectivity index (χ3v) is 4.14. The van der Waals surface area contributed by atoms with E-state index in [2.05, 4.69) is 47.0 Å². The highest BCUT2D eigenvalue weighted by Gasteiger charge is 2.18. The molecule has 1 aliphatic heterocycles. The lowest BCUT2D eigenvalue weighted by molar-refractivity contribution is 0.527. The summed E-state index contributed by atoms with van der Waals surface area (Å²) < 4.78 is 2.17. The third-order valence-electron chi connectivity index (χ3n) is 4.14. The van der Waals surface area contributed by atoms with Gasteiger partial charge in [-0.1, -0.05) is 36.4 Å². The Morgan fingerprint density at radius 1 is 1.00 bits per heavy atom. The lowest BCUT2D eigenvalue weighted by Gasteiger charge is -2.14. The number of fused-ring (bicyclic) bond motifs is 2. The molecule has 0 saturated carbocycles. The highest BCUT2D eigenvalue weighted by atomic mass is 15.1. The maximum Gasteiger partial charge on any atom is 0.131 e. The summed E-state index contributed by atoms with van der Waals surface area (Å²) in [4.78, 5) is 4.77. The van der Waals surface area contributed by atoms with E-state index in [4.69, 9.17) is 10.7 Å². The monoisotopic (exact) mass is 263 g/mol. The van der Waals surface area contributed by atoms with E-state index in [9.17, 15) is 0 Å². The SMILES string of the molecule is Nc1c(-c2ccc3ccccc3c2)nc2n1CCCC2. The number of imidazole rings is 1. The van der Waals surface area contributed by atoms with Gasteiger partial charge in [0.2, 0.25) is 0 Å². The number of hydrogen-bond donors (Lipinski definition) is 1. The zero-order chi connectivity index (χ0) is 13.5. The predicted octanol–water partition coefficient (Wildman–Crippen LogP) is 3.62. The zero-order valence-corrected chi connectivity index (χ0v) is 11.3. The Morgan fingerprint density at radius 2 is 1.85 bits per heavy atom. The molecule has 1 aromatic heterocycles. The minimum absolute atomic E-state index is 0.815. The number of benzene rings is 2. The molecule has 3 nitrogen and oxygen atoms in total. The van der Waals surface area contributed by atoms with Crippen LogP contribution in [0.2, 0.25) is 0 Å². The molecule has 0 atom stereocenters. The first-order valence-corrected chi connectivity index (χ1v) is 7.17. The summed E-state index contributed by atoms with van der Waals surface area (Å²) in [6.45, 7) is 1.00. The smallest absolute Gasteiger partial charge is 0.131 e. The molecule has 0 unspecified atom stereocenters. The summed E-state index contributed by atoms with van der Waals surface area (Å²) in [5.41, 5.74) is 8.35. The van der Waals surface area contributed by atoms with Crippen molar-refractivity contribution in [1.82, 2.24) is 9.55 Å². The molecule has 4 rings (SSSR count). The van der Waals surface area contributed by atoms with Gasteiger partial charge in [-0.05, 0) is 29.7 Å². The fraction of sp³-hybridized carbons (Fsp3) is 0.235. The first-order valence-electron chi connectivity index (χ1n) is 7.17. The summed E-state index contributed by atoms with van der Waals surface area (Å²) in [6.07, 6.45) is 3.45. The van der Waals surface area contributed by atoms with Crippen molar-refractivity contribution >= 4 is 16.6 Å². The first-order chi connectivity index (χ1) is 9.83. The summed E-state index contributed by atoms with van der Waals surface area (Å²) in [7, 11) is 0. The largest absolute Gasteiger partial charge is 0.383 e. The van der Waals surface area contributed by atoms with Crippen molar-refractivity contribution in [2.75, 3.05) is 5.73 Å². The van der Waals surface area contributed by atoms with Gasteiger partial charge in [-0.25, -0.2) is 4.98 Å². The van der Waals surface area contributed by atoms with E-state index >= 15 is 0 Å². The van der Waals surface area contributed by atoms with E-state index in [1.807, 2.05) is 0 Å². The summed E-state index contributed by atoms with van der Waals surface area (Å²) in [5, 5.41) is 2.48. The fourth-order valence-electron chi connectivity index (χ4n) is 3.06. The standard InChI is InChI=1S/C17H17N3/c18-17-16(19-15-7-3-4-10-20(15)17)14-9-8-12-5-1-2-6-13(12)11-14/h1-2,5-6,8-9,11H,3-4,7,10,18H2. The van der Waals surface area contributed by atoms with Gasteiger partial charge in [0.05, 0.1) is 0 Å². The van der Waals surface area contributed by atoms with E-state index in [0.717, 1.165) is 35.9 Å². The Hall–Kier alpha value is -2.29. The number of nitrogen functional groups attached to an aromatic ring is 1. The fourth-order valence-corrected chi connectivity index (χ4v) is 3.06. The average Bonchev–Trinajstić information content (AvgIpc) is 2.84. The van der Waals surface area contributed by atoms with Crippen LogP contribution in [0, 0.1) is 0 Å². The van der Waals surface area contributed by atoms with Gasteiger partial charge in [0.15, 0.2) is 0 Å². The van der Waals surface area contributed by atoms with Crippen LogP contribution in [0.3, 0.4) is 0 Å². The van der Waals surface area contributed by atoms with Crippen LogP contribution in [0.1, 0.15) is 18.7 Å². The van der Waals surface area contributed by atoms with E-state index < -0.39 is 0 Å². The van der Waals surface area contributed by atoms with Crippen molar-refractivity contribution in [3.63, 3.8) is 0 Å². The van der Waals surface area contributed by atoms with Gasteiger partial charge < -0.3 is 10.3 Å². The number of hydrogen-bond acceptors (Lipinski definition) is 2. The second-order valence-corrected chi connectivity index (χ2v) is 5.43. The van der Waals surface area contributed by atoms with Crippen molar-refractivity contribution in [2.45, 2.75) is 25.8 Å². The van der Waals surface area contributed by atoms with Crippen molar-refractivity contribution in [1.29, 1.82) is 0 Å². The van der Waals surface area contributed by atoms with Gasteiger partial charge in [0, 0.05) is 18.5 Å². The minimum atomic E-state index is 0.815. The van der Waals surface area contributed by atoms with Crippen LogP contribution in [-0.2, 0) is 13.0 Å². The number of nitrogens with two attached hydrogens (primary N) is 1. The molecular weight excluding hydrogens is 246 g/mol. The topological polar surface area (TPSA) is 43.8 Å². The first kappa shape index (κ1) is 11.5. The van der Waals surface area contributed by atoms with Crippen LogP contribution in [0.15, 0.2) is 42.5 Å². The third kappa shape index (κ3) is 1.70. The highest BCUT2D eigenvalue weighted by Crippen LogP contribution is 2.31. The van der Waals surface area contributed by atoms with Crippen molar-refractivity contribution in [3.8, 4) is 11.3 Å².